The molecular formula is C15H25N3O2S. The summed E-state index contributed by atoms with van der Waals surface area (Å²) in [6.07, 6.45) is 1.09. The van der Waals surface area contributed by atoms with E-state index in [1.807, 2.05) is 6.92 Å². The molecule has 1 aliphatic heterocycles. The van der Waals surface area contributed by atoms with Crippen molar-refractivity contribution in [2.45, 2.75) is 33.7 Å². The van der Waals surface area contributed by atoms with Gasteiger partial charge in [-0.15, -0.1) is 0 Å². The van der Waals surface area contributed by atoms with Crippen LogP contribution in [0.25, 0.3) is 0 Å². The van der Waals surface area contributed by atoms with E-state index in [0.717, 1.165) is 31.0 Å². The van der Waals surface area contributed by atoms with Gasteiger partial charge in [0.15, 0.2) is 9.84 Å². The standard InChI is InChI=1S/C15H25N3O2S/c1-4-5-16-11-14-12(2)10-13(3)17-15(14)18-6-8-21(19,20)9-7-18/h10,16H,4-9,11H2,1-3H3. The largest absolute Gasteiger partial charge is 0.354 e. The minimum Gasteiger partial charge on any atom is -0.354 e. The second kappa shape index (κ2) is 6.75. The number of aromatic nitrogens is 1. The van der Waals surface area contributed by atoms with Crippen molar-refractivity contribution in [2.75, 3.05) is 36.0 Å². The topological polar surface area (TPSA) is 62.3 Å². The molecule has 1 saturated heterocycles. The number of pyridine rings is 1. The molecule has 6 heteroatoms. The molecule has 2 heterocycles. The Morgan fingerprint density at radius 3 is 2.57 bits per heavy atom. The Morgan fingerprint density at radius 2 is 1.95 bits per heavy atom. The van der Waals surface area contributed by atoms with Crippen molar-refractivity contribution in [1.29, 1.82) is 0 Å². The third-order valence-corrected chi connectivity index (χ3v) is 5.44. The Labute approximate surface area is 127 Å². The number of hydrogen-bond donors (Lipinski definition) is 1. The lowest BCUT2D eigenvalue weighted by molar-refractivity contribution is 0.585. The van der Waals surface area contributed by atoms with Gasteiger partial charge in [0.2, 0.25) is 0 Å². The Hall–Kier alpha value is -1.14. The quantitative estimate of drug-likeness (QED) is 0.834. The molecule has 1 aromatic heterocycles. The van der Waals surface area contributed by atoms with Crippen molar-refractivity contribution >= 4 is 15.7 Å². The number of hydrogen-bond acceptors (Lipinski definition) is 5. The van der Waals surface area contributed by atoms with E-state index in [4.69, 9.17) is 0 Å². The highest BCUT2D eigenvalue weighted by atomic mass is 32.2. The van der Waals surface area contributed by atoms with E-state index in [0.29, 0.717) is 13.1 Å². The average Bonchev–Trinajstić information content (AvgIpc) is 2.41. The van der Waals surface area contributed by atoms with Crippen molar-refractivity contribution < 1.29 is 8.42 Å². The molecule has 5 nitrogen and oxygen atoms in total. The van der Waals surface area contributed by atoms with Crippen molar-refractivity contribution in [3.8, 4) is 0 Å². The molecule has 118 valence electrons. The van der Waals surface area contributed by atoms with E-state index >= 15 is 0 Å². The lowest BCUT2D eigenvalue weighted by atomic mass is 10.1. The fourth-order valence-corrected chi connectivity index (χ4v) is 3.84. The number of rotatable bonds is 5. The third-order valence-electron chi connectivity index (χ3n) is 3.83. The zero-order chi connectivity index (χ0) is 15.5. The molecule has 1 fully saturated rings. The van der Waals surface area contributed by atoms with Crippen LogP contribution in [0.2, 0.25) is 0 Å². The second-order valence-corrected chi connectivity index (χ2v) is 8.00. The highest BCUT2D eigenvalue weighted by Gasteiger charge is 2.24. The first kappa shape index (κ1) is 16.2. The fraction of sp³-hybridized carbons (Fsp3) is 0.667. The molecule has 0 spiro atoms. The minimum atomic E-state index is -2.86. The first-order valence-corrected chi connectivity index (χ1v) is 9.38. The Balaban J connectivity index is 2.24. The van der Waals surface area contributed by atoms with E-state index in [1.165, 1.54) is 11.1 Å². The average molecular weight is 311 g/mol. The molecule has 0 aromatic carbocycles. The zero-order valence-electron chi connectivity index (χ0n) is 13.1. The maximum absolute atomic E-state index is 11.6. The van der Waals surface area contributed by atoms with Gasteiger partial charge in [-0.3, -0.25) is 0 Å². The summed E-state index contributed by atoms with van der Waals surface area (Å²) in [5, 5.41) is 3.42. The number of sulfone groups is 1. The van der Waals surface area contributed by atoms with Crippen molar-refractivity contribution in [3.05, 3.63) is 22.9 Å². The van der Waals surface area contributed by atoms with Crippen LogP contribution < -0.4 is 10.2 Å². The van der Waals surface area contributed by atoms with Gasteiger partial charge >= 0.3 is 0 Å². The van der Waals surface area contributed by atoms with Gasteiger partial charge in [0.1, 0.15) is 5.82 Å². The van der Waals surface area contributed by atoms with Crippen LogP contribution >= 0.6 is 0 Å². The highest BCUT2D eigenvalue weighted by Crippen LogP contribution is 2.24. The second-order valence-electron chi connectivity index (χ2n) is 5.70. The van der Waals surface area contributed by atoms with Gasteiger partial charge in [0, 0.05) is 30.9 Å². The Morgan fingerprint density at radius 1 is 1.29 bits per heavy atom. The summed E-state index contributed by atoms with van der Waals surface area (Å²) >= 11 is 0. The van der Waals surface area contributed by atoms with Crippen LogP contribution in [-0.2, 0) is 16.4 Å². The first-order valence-electron chi connectivity index (χ1n) is 7.56. The van der Waals surface area contributed by atoms with Gasteiger partial charge in [-0.2, -0.15) is 0 Å². The van der Waals surface area contributed by atoms with E-state index in [9.17, 15) is 8.42 Å². The zero-order valence-corrected chi connectivity index (χ0v) is 14.0. The number of nitrogens with zero attached hydrogens (tertiary/aromatic N) is 2. The molecule has 21 heavy (non-hydrogen) atoms. The molecular weight excluding hydrogens is 286 g/mol. The summed E-state index contributed by atoms with van der Waals surface area (Å²) in [6.45, 7) is 9.07. The van der Waals surface area contributed by atoms with E-state index in [-0.39, 0.29) is 11.5 Å². The molecule has 0 atom stereocenters. The highest BCUT2D eigenvalue weighted by molar-refractivity contribution is 7.91. The number of nitrogens with one attached hydrogen (secondary N) is 1. The molecule has 0 radical (unpaired) electrons. The van der Waals surface area contributed by atoms with E-state index in [1.54, 1.807) is 0 Å². The van der Waals surface area contributed by atoms with Crippen molar-refractivity contribution in [2.24, 2.45) is 0 Å². The fourth-order valence-electron chi connectivity index (χ4n) is 2.64. The third kappa shape index (κ3) is 4.17. The summed E-state index contributed by atoms with van der Waals surface area (Å²) in [6, 6.07) is 2.09. The van der Waals surface area contributed by atoms with Crippen molar-refractivity contribution in [1.82, 2.24) is 10.3 Å². The van der Waals surface area contributed by atoms with Gasteiger partial charge in [0.05, 0.1) is 11.5 Å². The van der Waals surface area contributed by atoms with Crippen LogP contribution in [0.5, 0.6) is 0 Å². The smallest absolute Gasteiger partial charge is 0.153 e. The number of anilines is 1. The molecule has 1 N–H and O–H groups in total. The van der Waals surface area contributed by atoms with Crippen LogP contribution in [0.4, 0.5) is 5.82 Å². The summed E-state index contributed by atoms with van der Waals surface area (Å²) in [4.78, 5) is 6.79. The minimum absolute atomic E-state index is 0.226. The van der Waals surface area contributed by atoms with Crippen LogP contribution in [0.1, 0.15) is 30.2 Å². The number of aryl methyl sites for hydroxylation is 2. The summed E-state index contributed by atoms with van der Waals surface area (Å²) < 4.78 is 23.2. The van der Waals surface area contributed by atoms with Crippen LogP contribution in [-0.4, -0.2) is 44.5 Å². The van der Waals surface area contributed by atoms with E-state index < -0.39 is 9.84 Å². The Kier molecular flexibility index (Phi) is 5.22. The van der Waals surface area contributed by atoms with Gasteiger partial charge in [-0.25, -0.2) is 13.4 Å². The van der Waals surface area contributed by atoms with Gasteiger partial charge in [-0.05, 0) is 38.4 Å². The lowest BCUT2D eigenvalue weighted by Crippen LogP contribution is -2.41. The predicted octanol–water partition coefficient (Wildman–Crippen LogP) is 1.43. The molecule has 2 rings (SSSR count). The van der Waals surface area contributed by atoms with Crippen molar-refractivity contribution in [3.63, 3.8) is 0 Å². The van der Waals surface area contributed by atoms with E-state index in [2.05, 4.69) is 35.1 Å². The maximum Gasteiger partial charge on any atom is 0.153 e. The summed E-state index contributed by atoms with van der Waals surface area (Å²) in [7, 11) is -2.86. The van der Waals surface area contributed by atoms with Gasteiger partial charge in [0.25, 0.3) is 0 Å². The van der Waals surface area contributed by atoms with Crippen LogP contribution in [0.15, 0.2) is 6.07 Å². The monoisotopic (exact) mass is 311 g/mol. The first-order chi connectivity index (χ1) is 9.93. The maximum atomic E-state index is 11.6. The normalized spacial score (nSPS) is 18.0. The molecule has 0 saturated carbocycles. The van der Waals surface area contributed by atoms with Gasteiger partial charge in [-0.1, -0.05) is 6.92 Å². The summed E-state index contributed by atoms with van der Waals surface area (Å²) in [5.74, 6) is 1.40. The molecule has 0 unspecified atom stereocenters. The summed E-state index contributed by atoms with van der Waals surface area (Å²) in [5.41, 5.74) is 3.39. The molecule has 1 aliphatic rings. The van der Waals surface area contributed by atoms with Gasteiger partial charge < -0.3 is 10.2 Å². The molecule has 1 aromatic rings. The lowest BCUT2D eigenvalue weighted by Gasteiger charge is -2.30. The molecule has 0 amide bonds. The van der Waals surface area contributed by atoms with Crippen LogP contribution in [0, 0.1) is 13.8 Å². The molecule has 0 aliphatic carbocycles. The van der Waals surface area contributed by atoms with Crippen LogP contribution in [0.3, 0.4) is 0 Å². The Bertz CT molecular complexity index is 585. The predicted molar refractivity (Wildman–Crippen MR) is 86.6 cm³/mol. The molecule has 0 bridgehead atoms. The SMILES string of the molecule is CCCNCc1c(C)cc(C)nc1N1CCS(=O)(=O)CC1.